The van der Waals surface area contributed by atoms with Gasteiger partial charge in [0.05, 0.1) is 9.84 Å². The Morgan fingerprint density at radius 2 is 1.90 bits per heavy atom. The summed E-state index contributed by atoms with van der Waals surface area (Å²) in [6, 6.07) is 0. The SMILES string of the molecule is C=C(O[Si](C)(C)C(C)(C)C)C1=CCC2(C1)SCCCS2. The molecule has 2 rings (SSSR count). The van der Waals surface area contributed by atoms with Gasteiger partial charge in [-0.3, -0.25) is 0 Å². The normalized spacial score (nSPS) is 22.8. The van der Waals surface area contributed by atoms with Crippen molar-refractivity contribution >= 4 is 31.8 Å². The van der Waals surface area contributed by atoms with Crippen LogP contribution in [0.15, 0.2) is 24.0 Å². The third kappa shape index (κ3) is 3.50. The molecule has 0 aromatic carbocycles. The van der Waals surface area contributed by atoms with Crippen molar-refractivity contribution < 1.29 is 4.43 Å². The molecule has 1 heterocycles. The summed E-state index contributed by atoms with van der Waals surface area (Å²) >= 11 is 4.29. The fraction of sp³-hybridized carbons (Fsp3) is 0.750. The lowest BCUT2D eigenvalue weighted by atomic mass is 10.2. The fourth-order valence-electron chi connectivity index (χ4n) is 2.29. The van der Waals surface area contributed by atoms with Crippen molar-refractivity contribution in [3.63, 3.8) is 0 Å². The van der Waals surface area contributed by atoms with E-state index in [9.17, 15) is 0 Å². The maximum Gasteiger partial charge on any atom is 0.250 e. The molecule has 0 saturated carbocycles. The summed E-state index contributed by atoms with van der Waals surface area (Å²) in [5, 5.41) is 0.237. The molecule has 0 radical (unpaired) electrons. The van der Waals surface area contributed by atoms with Gasteiger partial charge in [0.15, 0.2) is 0 Å². The largest absolute Gasteiger partial charge is 0.544 e. The van der Waals surface area contributed by atoms with Crippen molar-refractivity contribution in [1.82, 2.24) is 0 Å². The van der Waals surface area contributed by atoms with Gasteiger partial charge in [-0.15, -0.1) is 23.5 Å². The van der Waals surface area contributed by atoms with E-state index in [2.05, 4.69) is 70.0 Å². The fourth-order valence-corrected chi connectivity index (χ4v) is 6.60. The van der Waals surface area contributed by atoms with E-state index in [1.807, 2.05) is 0 Å². The molecule has 0 atom stereocenters. The summed E-state index contributed by atoms with van der Waals surface area (Å²) in [7, 11) is -1.75. The lowest BCUT2D eigenvalue weighted by Crippen LogP contribution is -2.40. The zero-order valence-electron chi connectivity index (χ0n) is 13.5. The molecular formula is C16H28OS2Si. The minimum Gasteiger partial charge on any atom is -0.544 e. The summed E-state index contributed by atoms with van der Waals surface area (Å²) in [5.41, 5.74) is 1.36. The summed E-state index contributed by atoms with van der Waals surface area (Å²) in [6.07, 6.45) is 6.04. The topological polar surface area (TPSA) is 9.23 Å². The molecule has 0 amide bonds. The molecule has 4 heteroatoms. The molecule has 114 valence electrons. The second kappa shape index (κ2) is 5.77. The third-order valence-corrected chi connectivity index (χ3v) is 12.4. The molecule has 20 heavy (non-hydrogen) atoms. The van der Waals surface area contributed by atoms with Gasteiger partial charge in [-0.2, -0.15) is 0 Å². The molecule has 0 aromatic heterocycles. The smallest absolute Gasteiger partial charge is 0.250 e. The highest BCUT2D eigenvalue weighted by molar-refractivity contribution is 8.18. The van der Waals surface area contributed by atoms with Gasteiger partial charge in [-0.05, 0) is 54.5 Å². The average molecular weight is 329 g/mol. The zero-order chi connectivity index (χ0) is 15.0. The first-order chi connectivity index (χ1) is 9.15. The van der Waals surface area contributed by atoms with Crippen molar-refractivity contribution in [3.05, 3.63) is 24.0 Å². The highest BCUT2D eigenvalue weighted by atomic mass is 32.2. The summed E-state index contributed by atoms with van der Waals surface area (Å²) in [6.45, 7) is 15.7. The minimum atomic E-state index is -1.75. The van der Waals surface area contributed by atoms with Gasteiger partial charge in [0.2, 0.25) is 8.32 Å². The van der Waals surface area contributed by atoms with E-state index in [1.54, 1.807) is 0 Å². The molecule has 0 N–H and O–H groups in total. The van der Waals surface area contributed by atoms with Crippen molar-refractivity contribution in [2.45, 2.75) is 62.2 Å². The van der Waals surface area contributed by atoms with Crippen LogP contribution < -0.4 is 0 Å². The average Bonchev–Trinajstić information content (AvgIpc) is 2.72. The monoisotopic (exact) mass is 328 g/mol. The molecule has 0 unspecified atom stereocenters. The van der Waals surface area contributed by atoms with Crippen LogP contribution in [0.5, 0.6) is 0 Å². The predicted molar refractivity (Wildman–Crippen MR) is 97.0 cm³/mol. The summed E-state index contributed by atoms with van der Waals surface area (Å²) in [4.78, 5) is 0. The van der Waals surface area contributed by atoms with Crippen LogP contribution in [0.2, 0.25) is 18.1 Å². The van der Waals surface area contributed by atoms with Crippen LogP contribution in [0.1, 0.15) is 40.0 Å². The van der Waals surface area contributed by atoms with Crippen LogP contribution in [0.25, 0.3) is 0 Å². The van der Waals surface area contributed by atoms with Gasteiger partial charge in [-0.1, -0.05) is 33.4 Å². The highest BCUT2D eigenvalue weighted by Crippen LogP contribution is 2.53. The van der Waals surface area contributed by atoms with Crippen LogP contribution >= 0.6 is 23.5 Å². The van der Waals surface area contributed by atoms with Crippen LogP contribution in [-0.2, 0) is 4.43 Å². The Hall–Kier alpha value is 0.197. The lowest BCUT2D eigenvalue weighted by Gasteiger charge is -2.38. The zero-order valence-corrected chi connectivity index (χ0v) is 16.2. The van der Waals surface area contributed by atoms with E-state index in [0.29, 0.717) is 4.08 Å². The van der Waals surface area contributed by atoms with Gasteiger partial charge in [0.25, 0.3) is 0 Å². The molecular weight excluding hydrogens is 300 g/mol. The minimum absolute atomic E-state index is 0.237. The van der Waals surface area contributed by atoms with E-state index in [1.165, 1.54) is 29.9 Å². The van der Waals surface area contributed by atoms with E-state index in [-0.39, 0.29) is 5.04 Å². The van der Waals surface area contributed by atoms with E-state index in [0.717, 1.165) is 12.2 Å². The van der Waals surface area contributed by atoms with E-state index < -0.39 is 8.32 Å². The molecule has 2 aliphatic rings. The first kappa shape index (κ1) is 16.6. The first-order valence-corrected chi connectivity index (χ1v) is 12.4. The number of thioether (sulfide) groups is 2. The second-order valence-electron chi connectivity index (χ2n) is 7.36. The van der Waals surface area contributed by atoms with Crippen molar-refractivity contribution in [2.24, 2.45) is 0 Å². The number of allylic oxidation sites excluding steroid dienone is 2. The van der Waals surface area contributed by atoms with Gasteiger partial charge in [0, 0.05) is 0 Å². The number of rotatable bonds is 3. The maximum absolute atomic E-state index is 6.38. The first-order valence-electron chi connectivity index (χ1n) is 7.50. The summed E-state index contributed by atoms with van der Waals surface area (Å²) in [5.74, 6) is 3.56. The highest BCUT2D eigenvalue weighted by Gasteiger charge is 2.42. The molecule has 1 spiro atoms. The van der Waals surface area contributed by atoms with E-state index >= 15 is 0 Å². The molecule has 1 saturated heterocycles. The van der Waals surface area contributed by atoms with Gasteiger partial charge < -0.3 is 4.43 Å². The van der Waals surface area contributed by atoms with Crippen molar-refractivity contribution in [3.8, 4) is 0 Å². The predicted octanol–water partition coefficient (Wildman–Crippen LogP) is 5.81. The molecule has 1 aliphatic heterocycles. The molecule has 1 nitrogen and oxygen atoms in total. The molecule has 0 bridgehead atoms. The Labute approximate surface area is 134 Å². The second-order valence-corrected chi connectivity index (χ2v) is 15.3. The Morgan fingerprint density at radius 3 is 2.45 bits per heavy atom. The van der Waals surface area contributed by atoms with Crippen LogP contribution in [0.4, 0.5) is 0 Å². The van der Waals surface area contributed by atoms with Crippen LogP contribution in [-0.4, -0.2) is 23.9 Å². The van der Waals surface area contributed by atoms with Crippen LogP contribution in [0.3, 0.4) is 0 Å². The standard InChI is InChI=1S/C16H28OS2Si/c1-13(17-20(5,6)15(2,3)4)14-8-9-16(12-14)18-10-7-11-19-16/h8H,1,7,9-12H2,2-6H3. The molecule has 0 aromatic rings. The Balaban J connectivity index is 1.98. The van der Waals surface area contributed by atoms with Crippen molar-refractivity contribution in [1.29, 1.82) is 0 Å². The van der Waals surface area contributed by atoms with Gasteiger partial charge in [-0.25, -0.2) is 0 Å². The van der Waals surface area contributed by atoms with Crippen molar-refractivity contribution in [2.75, 3.05) is 11.5 Å². The van der Waals surface area contributed by atoms with Gasteiger partial charge >= 0.3 is 0 Å². The maximum atomic E-state index is 6.38. The number of hydrogen-bond donors (Lipinski definition) is 0. The van der Waals surface area contributed by atoms with Gasteiger partial charge in [0.1, 0.15) is 0 Å². The molecule has 1 aliphatic carbocycles. The quantitative estimate of drug-likeness (QED) is 0.478. The number of hydrogen-bond acceptors (Lipinski definition) is 3. The Kier molecular flexibility index (Phi) is 4.78. The summed E-state index contributed by atoms with van der Waals surface area (Å²) < 4.78 is 6.77. The third-order valence-electron chi connectivity index (χ3n) is 4.68. The van der Waals surface area contributed by atoms with Crippen LogP contribution in [0, 0.1) is 0 Å². The Bertz CT molecular complexity index is 415. The molecule has 1 fully saturated rings. The Morgan fingerprint density at radius 1 is 1.30 bits per heavy atom. The van der Waals surface area contributed by atoms with E-state index in [4.69, 9.17) is 4.43 Å². The lowest BCUT2D eigenvalue weighted by molar-refractivity contribution is 0.393.